The predicted octanol–water partition coefficient (Wildman–Crippen LogP) is 1.65. The van der Waals surface area contributed by atoms with Gasteiger partial charge in [0.25, 0.3) is 0 Å². The van der Waals surface area contributed by atoms with Crippen LogP contribution >= 0.6 is 0 Å². The summed E-state index contributed by atoms with van der Waals surface area (Å²) in [6.07, 6.45) is 1.81. The monoisotopic (exact) mass is 291 g/mol. The molecule has 1 fully saturated rings. The zero-order chi connectivity index (χ0) is 15.2. The van der Waals surface area contributed by atoms with E-state index in [1.807, 2.05) is 24.3 Å². The molecule has 0 spiro atoms. The van der Waals surface area contributed by atoms with Crippen LogP contribution in [0.4, 0.5) is 0 Å². The molecule has 1 saturated heterocycles. The van der Waals surface area contributed by atoms with Crippen LogP contribution < -0.4 is 4.74 Å². The van der Waals surface area contributed by atoms with Crippen molar-refractivity contribution in [2.75, 3.05) is 27.3 Å². The molecule has 5 nitrogen and oxygen atoms in total. The molecule has 1 aromatic carbocycles. The summed E-state index contributed by atoms with van der Waals surface area (Å²) >= 11 is 0. The predicted molar refractivity (Wildman–Crippen MR) is 78.0 cm³/mol. The number of likely N-dealkylation sites (tertiary alicyclic amines) is 1. The second-order valence-electron chi connectivity index (χ2n) is 5.20. The second kappa shape index (κ2) is 7.11. The van der Waals surface area contributed by atoms with Crippen molar-refractivity contribution in [3.63, 3.8) is 0 Å². The lowest BCUT2D eigenvalue weighted by Crippen LogP contribution is -2.30. The Morgan fingerprint density at radius 1 is 1.33 bits per heavy atom. The van der Waals surface area contributed by atoms with Gasteiger partial charge in [-0.15, -0.1) is 0 Å². The summed E-state index contributed by atoms with van der Waals surface area (Å²) in [5.74, 6) is 0.491. The topological polar surface area (TPSA) is 55.8 Å². The zero-order valence-corrected chi connectivity index (χ0v) is 12.5. The van der Waals surface area contributed by atoms with Gasteiger partial charge >= 0.3 is 5.97 Å². The molecule has 1 aromatic rings. The smallest absolute Gasteiger partial charge is 0.310 e. The van der Waals surface area contributed by atoms with Gasteiger partial charge in [-0.05, 0) is 30.5 Å². The van der Waals surface area contributed by atoms with Crippen LogP contribution in [-0.4, -0.2) is 44.1 Å². The van der Waals surface area contributed by atoms with Gasteiger partial charge in [0.1, 0.15) is 5.75 Å². The number of amides is 1. The summed E-state index contributed by atoms with van der Waals surface area (Å²) in [6.45, 7) is 1.11. The van der Waals surface area contributed by atoms with Gasteiger partial charge in [0.15, 0.2) is 0 Å². The molecule has 0 saturated carbocycles. The Hall–Kier alpha value is -2.04. The molecule has 21 heavy (non-hydrogen) atoms. The van der Waals surface area contributed by atoms with Gasteiger partial charge in [-0.25, -0.2) is 0 Å². The Labute approximate surface area is 124 Å². The first-order valence-electron chi connectivity index (χ1n) is 7.12. The maximum Gasteiger partial charge on any atom is 0.310 e. The lowest BCUT2D eigenvalue weighted by molar-refractivity contribution is -0.145. The number of carbonyl (C=O) groups excluding carboxylic acids is 2. The quantitative estimate of drug-likeness (QED) is 0.774. The van der Waals surface area contributed by atoms with Crippen LogP contribution in [0.25, 0.3) is 0 Å². The third kappa shape index (κ3) is 3.97. The van der Waals surface area contributed by atoms with E-state index < -0.39 is 0 Å². The molecule has 2 rings (SSSR count). The van der Waals surface area contributed by atoms with Crippen LogP contribution in [0.5, 0.6) is 5.75 Å². The van der Waals surface area contributed by atoms with E-state index in [-0.39, 0.29) is 17.8 Å². The fourth-order valence-corrected chi connectivity index (χ4v) is 2.58. The number of rotatable bonds is 5. The molecular weight excluding hydrogens is 270 g/mol. The summed E-state index contributed by atoms with van der Waals surface area (Å²) in [4.78, 5) is 25.4. The highest BCUT2D eigenvalue weighted by Gasteiger charge is 2.31. The number of benzene rings is 1. The number of carbonyl (C=O) groups is 2. The van der Waals surface area contributed by atoms with Gasteiger partial charge in [-0.2, -0.15) is 0 Å². The van der Waals surface area contributed by atoms with Gasteiger partial charge in [-0.1, -0.05) is 12.1 Å². The van der Waals surface area contributed by atoms with Crippen molar-refractivity contribution in [2.24, 2.45) is 5.92 Å². The van der Waals surface area contributed by atoms with Gasteiger partial charge in [0, 0.05) is 19.5 Å². The maximum atomic E-state index is 12.2. The van der Waals surface area contributed by atoms with Crippen LogP contribution in [0.3, 0.4) is 0 Å². The van der Waals surface area contributed by atoms with Gasteiger partial charge in [-0.3, -0.25) is 9.59 Å². The van der Waals surface area contributed by atoms with Gasteiger partial charge < -0.3 is 14.4 Å². The minimum absolute atomic E-state index is 0.0872. The standard InChI is InChI=1S/C16H21NO4/c1-20-14-5-3-4-12(10-14)6-7-15(18)17-9-8-13(11-17)16(19)21-2/h3-5,10,13H,6-9,11H2,1-2H3. The second-order valence-corrected chi connectivity index (χ2v) is 5.20. The fourth-order valence-electron chi connectivity index (χ4n) is 2.58. The van der Waals surface area contributed by atoms with Gasteiger partial charge in [0.2, 0.25) is 5.91 Å². The minimum Gasteiger partial charge on any atom is -0.497 e. The third-order valence-corrected chi connectivity index (χ3v) is 3.84. The molecule has 1 heterocycles. The molecule has 1 aliphatic heterocycles. The molecule has 0 aromatic heterocycles. The maximum absolute atomic E-state index is 12.2. The summed E-state index contributed by atoms with van der Waals surface area (Å²) in [5, 5.41) is 0. The lowest BCUT2D eigenvalue weighted by atomic mass is 10.1. The van der Waals surface area contributed by atoms with E-state index in [9.17, 15) is 9.59 Å². The average molecular weight is 291 g/mol. The van der Waals surface area contributed by atoms with E-state index in [1.165, 1.54) is 7.11 Å². The molecule has 1 aliphatic rings. The number of hydrogen-bond donors (Lipinski definition) is 0. The molecule has 0 N–H and O–H groups in total. The first-order valence-corrected chi connectivity index (χ1v) is 7.12. The minimum atomic E-state index is -0.224. The molecule has 0 radical (unpaired) electrons. The van der Waals surface area contributed by atoms with Crippen LogP contribution in [0, 0.1) is 5.92 Å². The highest BCUT2D eigenvalue weighted by Crippen LogP contribution is 2.19. The first kappa shape index (κ1) is 15.4. The van der Waals surface area contributed by atoms with E-state index in [2.05, 4.69) is 0 Å². The Morgan fingerprint density at radius 3 is 2.86 bits per heavy atom. The number of aryl methyl sites for hydroxylation is 1. The Morgan fingerprint density at radius 2 is 2.14 bits per heavy atom. The van der Waals surface area contributed by atoms with E-state index in [4.69, 9.17) is 9.47 Å². The molecule has 1 unspecified atom stereocenters. The lowest BCUT2D eigenvalue weighted by Gasteiger charge is -2.16. The van der Waals surface area contributed by atoms with E-state index >= 15 is 0 Å². The van der Waals surface area contributed by atoms with Crippen molar-refractivity contribution in [3.8, 4) is 5.75 Å². The van der Waals surface area contributed by atoms with Gasteiger partial charge in [0.05, 0.1) is 20.1 Å². The Balaban J connectivity index is 1.83. The highest BCUT2D eigenvalue weighted by atomic mass is 16.5. The fraction of sp³-hybridized carbons (Fsp3) is 0.500. The van der Waals surface area contributed by atoms with Crippen LogP contribution in [0.1, 0.15) is 18.4 Å². The molecule has 0 aliphatic carbocycles. The molecule has 1 atom stereocenters. The number of ether oxygens (including phenoxy) is 2. The van der Waals surface area contributed by atoms with Crippen molar-refractivity contribution in [2.45, 2.75) is 19.3 Å². The Bertz CT molecular complexity index is 515. The van der Waals surface area contributed by atoms with Crippen LogP contribution in [-0.2, 0) is 20.7 Å². The molecule has 0 bridgehead atoms. The van der Waals surface area contributed by atoms with E-state index in [1.54, 1.807) is 12.0 Å². The van der Waals surface area contributed by atoms with E-state index in [0.717, 1.165) is 11.3 Å². The number of esters is 1. The van der Waals surface area contributed by atoms with Crippen LogP contribution in [0.15, 0.2) is 24.3 Å². The largest absolute Gasteiger partial charge is 0.497 e. The van der Waals surface area contributed by atoms with Crippen molar-refractivity contribution in [1.29, 1.82) is 0 Å². The number of nitrogens with zero attached hydrogens (tertiary/aromatic N) is 1. The molecule has 1 amide bonds. The molecular formula is C16H21NO4. The zero-order valence-electron chi connectivity index (χ0n) is 12.5. The molecule has 114 valence electrons. The Kier molecular flexibility index (Phi) is 5.20. The van der Waals surface area contributed by atoms with Crippen LogP contribution in [0.2, 0.25) is 0 Å². The van der Waals surface area contributed by atoms with Crippen molar-refractivity contribution in [1.82, 2.24) is 4.90 Å². The molecule has 5 heteroatoms. The van der Waals surface area contributed by atoms with Crippen molar-refractivity contribution < 1.29 is 19.1 Å². The summed E-state index contributed by atoms with van der Waals surface area (Å²) < 4.78 is 9.89. The third-order valence-electron chi connectivity index (χ3n) is 3.84. The summed E-state index contributed by atoms with van der Waals surface area (Å²) in [6, 6.07) is 7.72. The number of hydrogen-bond acceptors (Lipinski definition) is 4. The highest BCUT2D eigenvalue weighted by molar-refractivity contribution is 5.79. The van der Waals surface area contributed by atoms with Crippen molar-refractivity contribution >= 4 is 11.9 Å². The summed E-state index contributed by atoms with van der Waals surface area (Å²) in [7, 11) is 3.01. The summed E-state index contributed by atoms with van der Waals surface area (Å²) in [5.41, 5.74) is 1.08. The SMILES string of the molecule is COC(=O)C1CCN(C(=O)CCc2cccc(OC)c2)C1. The number of methoxy groups -OCH3 is 2. The van der Waals surface area contributed by atoms with E-state index in [0.29, 0.717) is 32.4 Å². The first-order chi connectivity index (χ1) is 10.1. The average Bonchev–Trinajstić information content (AvgIpc) is 3.02. The normalized spacial score (nSPS) is 17.6. The van der Waals surface area contributed by atoms with Crippen molar-refractivity contribution in [3.05, 3.63) is 29.8 Å².